The molecule has 1 aliphatic heterocycles. The fraction of sp³-hybridized carbons (Fsp3) is 0.647. The summed E-state index contributed by atoms with van der Waals surface area (Å²) in [5.74, 6) is 1.05. The fourth-order valence-corrected chi connectivity index (χ4v) is 3.19. The Hall–Kier alpha value is -1.22. The molecule has 1 aliphatic rings. The predicted molar refractivity (Wildman–Crippen MR) is 82.2 cm³/mol. The molecule has 3 nitrogen and oxygen atoms in total. The summed E-state index contributed by atoms with van der Waals surface area (Å²) in [6, 6.07) is 5.58. The van der Waals surface area contributed by atoms with Crippen LogP contribution in [0.4, 0.5) is 0 Å². The Balaban J connectivity index is 1.96. The van der Waals surface area contributed by atoms with Crippen molar-refractivity contribution in [1.29, 1.82) is 0 Å². The molecular weight excluding hydrogens is 250 g/mol. The van der Waals surface area contributed by atoms with Crippen LogP contribution >= 0.6 is 0 Å². The third kappa shape index (κ3) is 3.26. The summed E-state index contributed by atoms with van der Waals surface area (Å²) in [4.78, 5) is 2.45. The highest BCUT2D eigenvalue weighted by molar-refractivity contribution is 5.39. The lowest BCUT2D eigenvalue weighted by atomic mass is 9.74. The van der Waals surface area contributed by atoms with Gasteiger partial charge in [-0.25, -0.2) is 0 Å². The molecule has 112 valence electrons. The lowest BCUT2D eigenvalue weighted by Crippen LogP contribution is -2.39. The Kier molecular flexibility index (Phi) is 4.92. The van der Waals surface area contributed by atoms with Crippen molar-refractivity contribution in [3.05, 3.63) is 23.8 Å². The molecule has 0 amide bonds. The molecule has 1 aromatic carbocycles. The minimum Gasteiger partial charge on any atom is -0.507 e. The van der Waals surface area contributed by atoms with Gasteiger partial charge >= 0.3 is 0 Å². The van der Waals surface area contributed by atoms with E-state index in [2.05, 4.69) is 18.7 Å². The molecule has 1 fully saturated rings. The number of phenols is 1. The van der Waals surface area contributed by atoms with Gasteiger partial charge in [0.05, 0.1) is 7.11 Å². The van der Waals surface area contributed by atoms with E-state index in [1.807, 2.05) is 12.1 Å². The van der Waals surface area contributed by atoms with E-state index in [0.29, 0.717) is 16.9 Å². The molecular formula is C17H27NO2. The molecule has 1 N–H and O–H groups in total. The van der Waals surface area contributed by atoms with Crippen LogP contribution in [0.5, 0.6) is 11.5 Å². The second-order valence-electron chi connectivity index (χ2n) is 5.98. The number of aromatic hydroxyl groups is 1. The molecule has 20 heavy (non-hydrogen) atoms. The van der Waals surface area contributed by atoms with Crippen molar-refractivity contribution in [3.8, 4) is 11.5 Å². The Labute approximate surface area is 122 Å². The Bertz CT molecular complexity index is 431. The average Bonchev–Trinajstić information content (AvgIpc) is 2.50. The maximum Gasteiger partial charge on any atom is 0.123 e. The van der Waals surface area contributed by atoms with Crippen LogP contribution in [-0.2, 0) is 6.54 Å². The van der Waals surface area contributed by atoms with Gasteiger partial charge < -0.3 is 9.84 Å². The molecule has 0 spiro atoms. The summed E-state index contributed by atoms with van der Waals surface area (Å²) >= 11 is 0. The molecule has 0 atom stereocenters. The molecule has 2 rings (SSSR count). The molecule has 0 bridgehead atoms. The number of hydrogen-bond acceptors (Lipinski definition) is 3. The van der Waals surface area contributed by atoms with Crippen LogP contribution in [0.1, 0.15) is 45.1 Å². The second-order valence-corrected chi connectivity index (χ2v) is 5.98. The molecule has 0 unspecified atom stereocenters. The molecule has 0 aromatic heterocycles. The van der Waals surface area contributed by atoms with Gasteiger partial charge in [0.15, 0.2) is 0 Å². The first-order valence-corrected chi connectivity index (χ1v) is 7.70. The van der Waals surface area contributed by atoms with Crippen LogP contribution < -0.4 is 4.74 Å². The van der Waals surface area contributed by atoms with Gasteiger partial charge in [-0.05, 0) is 37.4 Å². The lowest BCUT2D eigenvalue weighted by Gasteiger charge is -2.41. The summed E-state index contributed by atoms with van der Waals surface area (Å²) in [5.41, 5.74) is 1.55. The third-order valence-electron chi connectivity index (χ3n) is 5.10. The standard InChI is InChI=1S/C17H27NO2/c1-4-17(5-2)8-10-18(11-9-17)13-14-6-7-15(20-3)12-16(14)19/h6-7,12,19H,4-5,8-11,13H2,1-3H3. The van der Waals surface area contributed by atoms with E-state index in [-0.39, 0.29) is 0 Å². The number of likely N-dealkylation sites (tertiary alicyclic amines) is 1. The third-order valence-corrected chi connectivity index (χ3v) is 5.10. The highest BCUT2D eigenvalue weighted by atomic mass is 16.5. The van der Waals surface area contributed by atoms with Crippen molar-refractivity contribution in [2.45, 2.75) is 46.1 Å². The highest BCUT2D eigenvalue weighted by Crippen LogP contribution is 2.38. The van der Waals surface area contributed by atoms with Gasteiger partial charge in [0.25, 0.3) is 0 Å². The first-order chi connectivity index (χ1) is 9.62. The lowest BCUT2D eigenvalue weighted by molar-refractivity contribution is 0.0904. The molecule has 1 aromatic rings. The Morgan fingerprint density at radius 2 is 1.85 bits per heavy atom. The number of rotatable bonds is 5. The van der Waals surface area contributed by atoms with Crippen LogP contribution in [0, 0.1) is 5.41 Å². The van der Waals surface area contributed by atoms with Crippen molar-refractivity contribution in [2.24, 2.45) is 5.41 Å². The zero-order valence-corrected chi connectivity index (χ0v) is 13.0. The normalized spacial score (nSPS) is 18.9. The number of nitrogens with zero attached hydrogens (tertiary/aromatic N) is 1. The van der Waals surface area contributed by atoms with Gasteiger partial charge in [-0.2, -0.15) is 0 Å². The van der Waals surface area contributed by atoms with Crippen molar-refractivity contribution in [3.63, 3.8) is 0 Å². The van der Waals surface area contributed by atoms with E-state index in [1.165, 1.54) is 25.7 Å². The van der Waals surface area contributed by atoms with Crippen molar-refractivity contribution >= 4 is 0 Å². The zero-order chi connectivity index (χ0) is 14.6. The Morgan fingerprint density at radius 1 is 1.20 bits per heavy atom. The number of piperidine rings is 1. The quantitative estimate of drug-likeness (QED) is 0.888. The zero-order valence-electron chi connectivity index (χ0n) is 13.0. The number of benzene rings is 1. The van der Waals surface area contributed by atoms with Gasteiger partial charge in [-0.15, -0.1) is 0 Å². The van der Waals surface area contributed by atoms with Gasteiger partial charge in [-0.1, -0.05) is 32.8 Å². The van der Waals surface area contributed by atoms with Crippen molar-refractivity contribution in [1.82, 2.24) is 4.90 Å². The second kappa shape index (κ2) is 6.49. The topological polar surface area (TPSA) is 32.7 Å². The van der Waals surface area contributed by atoms with Gasteiger partial charge in [0.1, 0.15) is 11.5 Å². The van der Waals surface area contributed by atoms with Crippen molar-refractivity contribution in [2.75, 3.05) is 20.2 Å². The molecule has 1 heterocycles. The van der Waals surface area contributed by atoms with E-state index in [0.717, 1.165) is 25.2 Å². The number of ether oxygens (including phenoxy) is 1. The predicted octanol–water partition coefficient (Wildman–Crippen LogP) is 3.80. The highest BCUT2D eigenvalue weighted by Gasteiger charge is 2.31. The van der Waals surface area contributed by atoms with E-state index >= 15 is 0 Å². The summed E-state index contributed by atoms with van der Waals surface area (Å²) in [6.07, 6.45) is 5.12. The first-order valence-electron chi connectivity index (χ1n) is 7.70. The summed E-state index contributed by atoms with van der Waals surface area (Å²) in [7, 11) is 1.62. The summed E-state index contributed by atoms with van der Waals surface area (Å²) in [6.45, 7) is 7.72. The average molecular weight is 277 g/mol. The van der Waals surface area contributed by atoms with Crippen LogP contribution in [0.25, 0.3) is 0 Å². The van der Waals surface area contributed by atoms with Gasteiger partial charge in [0.2, 0.25) is 0 Å². The molecule has 1 saturated heterocycles. The molecule has 0 saturated carbocycles. The summed E-state index contributed by atoms with van der Waals surface area (Å²) < 4.78 is 5.12. The smallest absolute Gasteiger partial charge is 0.123 e. The number of phenolic OH excluding ortho intramolecular Hbond substituents is 1. The van der Waals surface area contributed by atoms with Crippen LogP contribution in [0.3, 0.4) is 0 Å². The largest absolute Gasteiger partial charge is 0.507 e. The number of methoxy groups -OCH3 is 1. The van der Waals surface area contributed by atoms with E-state index < -0.39 is 0 Å². The van der Waals surface area contributed by atoms with Crippen LogP contribution in [0.2, 0.25) is 0 Å². The monoisotopic (exact) mass is 277 g/mol. The minimum atomic E-state index is 0.340. The fourth-order valence-electron chi connectivity index (χ4n) is 3.19. The number of hydrogen-bond donors (Lipinski definition) is 1. The summed E-state index contributed by atoms with van der Waals surface area (Å²) in [5, 5.41) is 10.0. The van der Waals surface area contributed by atoms with Crippen LogP contribution in [-0.4, -0.2) is 30.2 Å². The molecule has 0 aliphatic carbocycles. The Morgan fingerprint density at radius 3 is 2.35 bits per heavy atom. The SMILES string of the molecule is CCC1(CC)CCN(Cc2ccc(OC)cc2O)CC1. The molecule has 3 heteroatoms. The first kappa shape index (κ1) is 15.2. The molecule has 0 radical (unpaired) electrons. The van der Waals surface area contributed by atoms with E-state index in [1.54, 1.807) is 13.2 Å². The van der Waals surface area contributed by atoms with Gasteiger partial charge in [-0.3, -0.25) is 4.90 Å². The van der Waals surface area contributed by atoms with E-state index in [9.17, 15) is 5.11 Å². The van der Waals surface area contributed by atoms with Gasteiger partial charge in [0, 0.05) is 18.2 Å². The maximum absolute atomic E-state index is 10.0. The van der Waals surface area contributed by atoms with Crippen molar-refractivity contribution < 1.29 is 9.84 Å². The van der Waals surface area contributed by atoms with Crippen LogP contribution in [0.15, 0.2) is 18.2 Å². The minimum absolute atomic E-state index is 0.340. The maximum atomic E-state index is 10.0. The van der Waals surface area contributed by atoms with E-state index in [4.69, 9.17) is 4.74 Å².